The molecule has 6 heteroatoms. The molecule has 0 fully saturated rings. The molecule has 21 heavy (non-hydrogen) atoms. The summed E-state index contributed by atoms with van der Waals surface area (Å²) in [6.07, 6.45) is 0. The Morgan fingerprint density at radius 1 is 1.00 bits per heavy atom. The predicted molar refractivity (Wildman–Crippen MR) is 81.2 cm³/mol. The molecular formula is C15H16N4O2. The smallest absolute Gasteiger partial charge is 0.343 e. The van der Waals surface area contributed by atoms with Crippen molar-refractivity contribution in [2.45, 2.75) is 6.54 Å². The maximum absolute atomic E-state index is 12.0. The van der Waals surface area contributed by atoms with Crippen LogP contribution in [0.3, 0.4) is 0 Å². The molecule has 0 radical (unpaired) electrons. The Labute approximate surface area is 122 Å². The first-order chi connectivity index (χ1) is 10.1. The topological polar surface area (TPSA) is 117 Å². The third-order valence-corrected chi connectivity index (χ3v) is 2.73. The monoisotopic (exact) mass is 284 g/mol. The molecule has 108 valence electrons. The van der Waals surface area contributed by atoms with E-state index in [-0.39, 0.29) is 5.96 Å². The quantitative estimate of drug-likeness (QED) is 0.338. The first kappa shape index (κ1) is 14.5. The molecule has 0 saturated carbocycles. The summed E-state index contributed by atoms with van der Waals surface area (Å²) in [6, 6.07) is 13.5. The molecule has 6 N–H and O–H groups in total. The van der Waals surface area contributed by atoms with E-state index in [1.54, 1.807) is 36.4 Å². The van der Waals surface area contributed by atoms with Gasteiger partial charge in [0, 0.05) is 6.54 Å². The highest BCUT2D eigenvalue weighted by Crippen LogP contribution is 2.16. The number of carbonyl (C=O) groups is 1. The van der Waals surface area contributed by atoms with Crippen molar-refractivity contribution in [2.75, 3.05) is 0 Å². The van der Waals surface area contributed by atoms with Crippen LogP contribution in [0.4, 0.5) is 5.69 Å². The van der Waals surface area contributed by atoms with Gasteiger partial charge in [-0.25, -0.2) is 9.79 Å². The molecule has 0 saturated heterocycles. The Morgan fingerprint density at radius 3 is 2.14 bits per heavy atom. The Bertz CT molecular complexity index is 644. The Balaban J connectivity index is 2.07. The Morgan fingerprint density at radius 2 is 1.62 bits per heavy atom. The molecule has 0 atom stereocenters. The van der Waals surface area contributed by atoms with Gasteiger partial charge < -0.3 is 21.9 Å². The molecule has 0 aromatic heterocycles. The minimum absolute atomic E-state index is 0.0367. The zero-order valence-electron chi connectivity index (χ0n) is 11.3. The number of rotatable bonds is 4. The van der Waals surface area contributed by atoms with Gasteiger partial charge in [-0.2, -0.15) is 0 Å². The minimum atomic E-state index is -0.452. The van der Waals surface area contributed by atoms with Crippen molar-refractivity contribution in [1.82, 2.24) is 0 Å². The Kier molecular flexibility index (Phi) is 4.53. The summed E-state index contributed by atoms with van der Waals surface area (Å²) in [5, 5.41) is 0. The number of ether oxygens (including phenoxy) is 1. The van der Waals surface area contributed by atoms with Gasteiger partial charge in [0.05, 0.1) is 11.3 Å². The number of hydrogen-bond donors (Lipinski definition) is 3. The summed E-state index contributed by atoms with van der Waals surface area (Å²) in [5.74, 6) is -0.0254. The van der Waals surface area contributed by atoms with Gasteiger partial charge in [-0.3, -0.25) is 0 Å². The summed E-state index contributed by atoms with van der Waals surface area (Å²) in [7, 11) is 0. The second-order valence-corrected chi connectivity index (χ2v) is 4.32. The molecule has 0 amide bonds. The van der Waals surface area contributed by atoms with Crippen LogP contribution in [0.15, 0.2) is 53.5 Å². The largest absolute Gasteiger partial charge is 0.423 e. The van der Waals surface area contributed by atoms with E-state index in [0.29, 0.717) is 23.5 Å². The third kappa shape index (κ3) is 4.05. The van der Waals surface area contributed by atoms with Gasteiger partial charge in [-0.15, -0.1) is 0 Å². The van der Waals surface area contributed by atoms with Gasteiger partial charge in [0.2, 0.25) is 0 Å². The van der Waals surface area contributed by atoms with Gasteiger partial charge >= 0.3 is 5.97 Å². The lowest BCUT2D eigenvalue weighted by molar-refractivity contribution is 0.0735. The average Bonchev–Trinajstić information content (AvgIpc) is 2.48. The number of aliphatic imine (C=N–C) groups is 1. The fourth-order valence-electron chi connectivity index (χ4n) is 1.68. The van der Waals surface area contributed by atoms with E-state index >= 15 is 0 Å². The summed E-state index contributed by atoms with van der Waals surface area (Å²) in [4.78, 5) is 15.8. The van der Waals surface area contributed by atoms with Crippen LogP contribution in [0.25, 0.3) is 0 Å². The van der Waals surface area contributed by atoms with Gasteiger partial charge in [-0.1, -0.05) is 12.1 Å². The molecule has 0 aliphatic carbocycles. The molecule has 0 aliphatic heterocycles. The highest BCUT2D eigenvalue weighted by atomic mass is 16.5. The van der Waals surface area contributed by atoms with Crippen LogP contribution in [0.1, 0.15) is 15.9 Å². The number of benzene rings is 2. The molecule has 0 bridgehead atoms. The van der Waals surface area contributed by atoms with Crippen molar-refractivity contribution in [1.29, 1.82) is 0 Å². The van der Waals surface area contributed by atoms with Crippen molar-refractivity contribution in [3.63, 3.8) is 0 Å². The van der Waals surface area contributed by atoms with Gasteiger partial charge in [-0.05, 0) is 42.0 Å². The SMILES string of the molecule is NCc1ccc(OC(=O)c2ccc(N=C(N)N)cc2)cc1. The number of esters is 1. The van der Waals surface area contributed by atoms with E-state index in [1.165, 1.54) is 0 Å². The van der Waals surface area contributed by atoms with E-state index < -0.39 is 5.97 Å². The van der Waals surface area contributed by atoms with Crippen molar-refractivity contribution >= 4 is 17.6 Å². The molecule has 0 unspecified atom stereocenters. The molecule has 2 aromatic rings. The van der Waals surface area contributed by atoms with Crippen molar-refractivity contribution in [3.8, 4) is 5.75 Å². The molecule has 0 spiro atoms. The van der Waals surface area contributed by atoms with E-state index in [2.05, 4.69) is 4.99 Å². The fourth-order valence-corrected chi connectivity index (χ4v) is 1.68. The first-order valence-corrected chi connectivity index (χ1v) is 6.29. The zero-order chi connectivity index (χ0) is 15.2. The summed E-state index contributed by atoms with van der Waals surface area (Å²) in [6.45, 7) is 0.445. The van der Waals surface area contributed by atoms with E-state index in [4.69, 9.17) is 21.9 Å². The maximum Gasteiger partial charge on any atom is 0.343 e. The van der Waals surface area contributed by atoms with Crippen molar-refractivity contribution in [2.24, 2.45) is 22.2 Å². The average molecular weight is 284 g/mol. The normalized spacial score (nSPS) is 9.95. The van der Waals surface area contributed by atoms with Crippen molar-refractivity contribution < 1.29 is 9.53 Å². The molecular weight excluding hydrogens is 268 g/mol. The van der Waals surface area contributed by atoms with Gasteiger partial charge in [0.15, 0.2) is 5.96 Å². The number of nitrogens with two attached hydrogens (primary N) is 3. The number of guanidine groups is 1. The number of carbonyl (C=O) groups excluding carboxylic acids is 1. The Hall–Kier alpha value is -2.86. The molecule has 0 heterocycles. The lowest BCUT2D eigenvalue weighted by atomic mass is 10.2. The van der Waals surface area contributed by atoms with E-state index in [9.17, 15) is 4.79 Å². The summed E-state index contributed by atoms with van der Waals surface area (Å²) < 4.78 is 5.26. The molecule has 0 aliphatic rings. The number of hydrogen-bond acceptors (Lipinski definition) is 4. The van der Waals surface area contributed by atoms with Crippen LogP contribution in [-0.4, -0.2) is 11.9 Å². The predicted octanol–water partition coefficient (Wildman–Crippen LogP) is 1.27. The zero-order valence-corrected chi connectivity index (χ0v) is 11.3. The maximum atomic E-state index is 12.0. The second kappa shape index (κ2) is 6.53. The van der Waals surface area contributed by atoms with Crippen LogP contribution in [0.5, 0.6) is 5.75 Å². The van der Waals surface area contributed by atoms with Gasteiger partial charge in [0.25, 0.3) is 0 Å². The second-order valence-electron chi connectivity index (χ2n) is 4.32. The van der Waals surface area contributed by atoms with E-state index in [1.807, 2.05) is 12.1 Å². The standard InChI is InChI=1S/C15H16N4O2/c16-9-10-1-7-13(8-2-10)21-14(20)11-3-5-12(6-4-11)19-15(17)18/h1-8H,9,16H2,(H4,17,18,19). The van der Waals surface area contributed by atoms with Crippen LogP contribution in [0.2, 0.25) is 0 Å². The highest BCUT2D eigenvalue weighted by molar-refractivity contribution is 5.91. The fraction of sp³-hybridized carbons (Fsp3) is 0.0667. The molecule has 2 rings (SSSR count). The van der Waals surface area contributed by atoms with E-state index in [0.717, 1.165) is 5.56 Å². The number of nitrogens with zero attached hydrogens (tertiary/aromatic N) is 1. The lowest BCUT2D eigenvalue weighted by Crippen LogP contribution is -2.21. The van der Waals surface area contributed by atoms with Crippen LogP contribution in [0, 0.1) is 0 Å². The van der Waals surface area contributed by atoms with Crippen LogP contribution >= 0.6 is 0 Å². The highest BCUT2D eigenvalue weighted by Gasteiger charge is 2.08. The summed E-state index contributed by atoms with van der Waals surface area (Å²) >= 11 is 0. The molecule has 2 aromatic carbocycles. The molecule has 6 nitrogen and oxygen atoms in total. The minimum Gasteiger partial charge on any atom is -0.423 e. The van der Waals surface area contributed by atoms with Crippen LogP contribution < -0.4 is 21.9 Å². The lowest BCUT2D eigenvalue weighted by Gasteiger charge is -2.05. The van der Waals surface area contributed by atoms with Crippen LogP contribution in [-0.2, 0) is 6.54 Å². The van der Waals surface area contributed by atoms with Gasteiger partial charge in [0.1, 0.15) is 5.75 Å². The third-order valence-electron chi connectivity index (χ3n) is 2.73. The van der Waals surface area contributed by atoms with Crippen molar-refractivity contribution in [3.05, 3.63) is 59.7 Å². The first-order valence-electron chi connectivity index (χ1n) is 6.29. The summed E-state index contributed by atoms with van der Waals surface area (Å²) in [5.41, 5.74) is 18.0.